The lowest BCUT2D eigenvalue weighted by atomic mass is 9.81. The number of carbonyl (C=O) groups is 1. The van der Waals surface area contributed by atoms with E-state index in [1.807, 2.05) is 0 Å². The van der Waals surface area contributed by atoms with Crippen molar-refractivity contribution >= 4 is 5.91 Å². The number of carbonyl (C=O) groups excluding carboxylic acids is 1. The molecule has 2 aliphatic rings. The number of piperidine rings is 1. The van der Waals surface area contributed by atoms with Gasteiger partial charge >= 0.3 is 0 Å². The van der Waals surface area contributed by atoms with E-state index < -0.39 is 0 Å². The van der Waals surface area contributed by atoms with E-state index in [1.54, 1.807) is 0 Å². The summed E-state index contributed by atoms with van der Waals surface area (Å²) in [5.74, 6) is 0.413. The lowest BCUT2D eigenvalue weighted by Crippen LogP contribution is -2.45. The number of amides is 1. The molecule has 1 amide bonds. The standard InChI is InChI=1S/C13H24N2O/c1-13(6-5-8-14-9-7-13)12(16)15-10-3-2-4-11-15/h14H,2-11H2,1H3. The molecule has 0 spiro atoms. The van der Waals surface area contributed by atoms with Crippen molar-refractivity contribution in [1.82, 2.24) is 10.2 Å². The van der Waals surface area contributed by atoms with Gasteiger partial charge in [-0.25, -0.2) is 0 Å². The van der Waals surface area contributed by atoms with Crippen LogP contribution in [0.5, 0.6) is 0 Å². The maximum atomic E-state index is 12.5. The van der Waals surface area contributed by atoms with Gasteiger partial charge < -0.3 is 10.2 Å². The van der Waals surface area contributed by atoms with Crippen LogP contribution in [0.3, 0.4) is 0 Å². The number of nitrogens with zero attached hydrogens (tertiary/aromatic N) is 1. The normalized spacial score (nSPS) is 32.2. The van der Waals surface area contributed by atoms with Crippen LogP contribution >= 0.6 is 0 Å². The summed E-state index contributed by atoms with van der Waals surface area (Å²) < 4.78 is 0. The molecule has 0 aromatic carbocycles. The molecule has 0 aromatic rings. The van der Waals surface area contributed by atoms with E-state index in [0.29, 0.717) is 5.91 Å². The average Bonchev–Trinajstić information content (AvgIpc) is 2.55. The van der Waals surface area contributed by atoms with Gasteiger partial charge in [-0.15, -0.1) is 0 Å². The Hall–Kier alpha value is -0.570. The molecule has 3 heteroatoms. The summed E-state index contributed by atoms with van der Waals surface area (Å²) in [5.41, 5.74) is -0.0964. The lowest BCUT2D eigenvalue weighted by molar-refractivity contribution is -0.142. The van der Waals surface area contributed by atoms with Crippen molar-refractivity contribution in [3.8, 4) is 0 Å². The SMILES string of the molecule is CC1(C(=O)N2CCCCC2)CCCNCC1. The number of hydrogen-bond acceptors (Lipinski definition) is 2. The third-order valence-electron chi connectivity index (χ3n) is 4.10. The Kier molecular flexibility index (Phi) is 3.85. The van der Waals surface area contributed by atoms with E-state index in [1.165, 1.54) is 19.3 Å². The highest BCUT2D eigenvalue weighted by Crippen LogP contribution is 2.32. The van der Waals surface area contributed by atoms with Gasteiger partial charge in [0.1, 0.15) is 0 Å². The zero-order valence-corrected chi connectivity index (χ0v) is 10.4. The van der Waals surface area contributed by atoms with Gasteiger partial charge in [-0.3, -0.25) is 4.79 Å². The molecule has 2 rings (SSSR count). The van der Waals surface area contributed by atoms with Gasteiger partial charge in [0.25, 0.3) is 0 Å². The van der Waals surface area contributed by atoms with Crippen molar-refractivity contribution in [1.29, 1.82) is 0 Å². The molecule has 0 bridgehead atoms. The second-order valence-electron chi connectivity index (χ2n) is 5.52. The van der Waals surface area contributed by atoms with Crippen LogP contribution in [0.1, 0.15) is 45.4 Å². The predicted molar refractivity (Wildman–Crippen MR) is 65.3 cm³/mol. The third kappa shape index (κ3) is 2.57. The summed E-state index contributed by atoms with van der Waals surface area (Å²) >= 11 is 0. The van der Waals surface area contributed by atoms with E-state index in [2.05, 4.69) is 17.1 Å². The van der Waals surface area contributed by atoms with Gasteiger partial charge in [-0.05, 0) is 51.6 Å². The van der Waals surface area contributed by atoms with E-state index in [9.17, 15) is 4.79 Å². The summed E-state index contributed by atoms with van der Waals surface area (Å²) in [6.07, 6.45) is 6.87. The molecule has 2 aliphatic heterocycles. The average molecular weight is 224 g/mol. The van der Waals surface area contributed by atoms with Crippen LogP contribution in [-0.4, -0.2) is 37.0 Å². The van der Waals surface area contributed by atoms with Gasteiger partial charge in [-0.1, -0.05) is 6.92 Å². The molecule has 0 aliphatic carbocycles. The van der Waals surface area contributed by atoms with E-state index in [0.717, 1.165) is 45.4 Å². The topological polar surface area (TPSA) is 32.3 Å². The third-order valence-corrected chi connectivity index (χ3v) is 4.10. The van der Waals surface area contributed by atoms with Crippen LogP contribution in [0.4, 0.5) is 0 Å². The smallest absolute Gasteiger partial charge is 0.228 e. The molecule has 92 valence electrons. The molecule has 2 saturated heterocycles. The van der Waals surface area contributed by atoms with Crippen molar-refractivity contribution in [2.75, 3.05) is 26.2 Å². The quantitative estimate of drug-likeness (QED) is 0.736. The Bertz CT molecular complexity index is 238. The van der Waals surface area contributed by atoms with Crippen LogP contribution in [0.25, 0.3) is 0 Å². The first-order chi connectivity index (χ1) is 7.72. The zero-order chi connectivity index (χ0) is 11.4. The van der Waals surface area contributed by atoms with E-state index >= 15 is 0 Å². The van der Waals surface area contributed by atoms with Crippen LogP contribution in [0, 0.1) is 5.41 Å². The Labute approximate surface area is 98.6 Å². The molecule has 2 heterocycles. The van der Waals surface area contributed by atoms with Crippen LogP contribution < -0.4 is 5.32 Å². The van der Waals surface area contributed by atoms with Gasteiger partial charge in [0.15, 0.2) is 0 Å². The maximum absolute atomic E-state index is 12.5. The van der Waals surface area contributed by atoms with Gasteiger partial charge in [0.2, 0.25) is 5.91 Å². The minimum atomic E-state index is -0.0964. The second kappa shape index (κ2) is 5.17. The Balaban J connectivity index is 1.99. The van der Waals surface area contributed by atoms with Crippen molar-refractivity contribution in [2.24, 2.45) is 5.41 Å². The summed E-state index contributed by atoms with van der Waals surface area (Å²) in [6, 6.07) is 0. The molecule has 3 nitrogen and oxygen atoms in total. The molecule has 1 unspecified atom stereocenters. The highest BCUT2D eigenvalue weighted by atomic mass is 16.2. The lowest BCUT2D eigenvalue weighted by Gasteiger charge is -2.36. The molecule has 1 N–H and O–H groups in total. The maximum Gasteiger partial charge on any atom is 0.228 e. The second-order valence-corrected chi connectivity index (χ2v) is 5.52. The van der Waals surface area contributed by atoms with E-state index in [-0.39, 0.29) is 5.41 Å². The minimum Gasteiger partial charge on any atom is -0.342 e. The van der Waals surface area contributed by atoms with Gasteiger partial charge in [-0.2, -0.15) is 0 Å². The minimum absolute atomic E-state index is 0.0964. The summed E-state index contributed by atoms with van der Waals surface area (Å²) in [6.45, 7) is 6.21. The summed E-state index contributed by atoms with van der Waals surface area (Å²) in [7, 11) is 0. The molecule has 2 fully saturated rings. The van der Waals surface area contributed by atoms with Crippen molar-refractivity contribution in [3.05, 3.63) is 0 Å². The Morgan fingerprint density at radius 2 is 1.81 bits per heavy atom. The monoisotopic (exact) mass is 224 g/mol. The first-order valence-corrected chi connectivity index (χ1v) is 6.72. The van der Waals surface area contributed by atoms with E-state index in [4.69, 9.17) is 0 Å². The van der Waals surface area contributed by atoms with Gasteiger partial charge in [0.05, 0.1) is 0 Å². The number of likely N-dealkylation sites (tertiary alicyclic amines) is 1. The van der Waals surface area contributed by atoms with Crippen molar-refractivity contribution < 1.29 is 4.79 Å². The molecular weight excluding hydrogens is 200 g/mol. The molecular formula is C13H24N2O. The fourth-order valence-corrected chi connectivity index (χ4v) is 2.91. The Morgan fingerprint density at radius 3 is 2.56 bits per heavy atom. The van der Waals surface area contributed by atoms with Crippen LogP contribution in [0.15, 0.2) is 0 Å². The first kappa shape index (κ1) is 11.9. The fourth-order valence-electron chi connectivity index (χ4n) is 2.91. The van der Waals surface area contributed by atoms with Crippen molar-refractivity contribution in [3.63, 3.8) is 0 Å². The first-order valence-electron chi connectivity index (χ1n) is 6.72. The van der Waals surface area contributed by atoms with Gasteiger partial charge in [0, 0.05) is 18.5 Å². The van der Waals surface area contributed by atoms with Crippen LogP contribution in [-0.2, 0) is 4.79 Å². The fraction of sp³-hybridized carbons (Fsp3) is 0.923. The molecule has 0 aromatic heterocycles. The Morgan fingerprint density at radius 1 is 1.06 bits per heavy atom. The molecule has 16 heavy (non-hydrogen) atoms. The van der Waals surface area contributed by atoms with Crippen molar-refractivity contribution in [2.45, 2.75) is 45.4 Å². The largest absolute Gasteiger partial charge is 0.342 e. The number of nitrogens with one attached hydrogen (secondary N) is 1. The summed E-state index contributed by atoms with van der Waals surface area (Å²) in [4.78, 5) is 14.6. The van der Waals surface area contributed by atoms with Crippen LogP contribution in [0.2, 0.25) is 0 Å². The highest BCUT2D eigenvalue weighted by molar-refractivity contribution is 5.82. The molecule has 0 radical (unpaired) electrons. The summed E-state index contributed by atoms with van der Waals surface area (Å²) in [5, 5.41) is 3.39. The molecule has 0 saturated carbocycles. The number of rotatable bonds is 1. The zero-order valence-electron chi connectivity index (χ0n) is 10.4. The highest BCUT2D eigenvalue weighted by Gasteiger charge is 2.36. The molecule has 1 atom stereocenters. The predicted octanol–water partition coefficient (Wildman–Crippen LogP) is 1.78. The number of hydrogen-bond donors (Lipinski definition) is 1.